The fraction of sp³-hybridized carbons (Fsp3) is 0.353. The zero-order chi connectivity index (χ0) is 16.7. The molecule has 0 radical (unpaired) electrons. The number of halogens is 2. The monoisotopic (exact) mass is 379 g/mol. The predicted octanol–water partition coefficient (Wildman–Crippen LogP) is 4.03. The van der Waals surface area contributed by atoms with E-state index in [4.69, 9.17) is 21.9 Å². The van der Waals surface area contributed by atoms with Crippen molar-refractivity contribution in [1.29, 1.82) is 0 Å². The van der Waals surface area contributed by atoms with Gasteiger partial charge in [-0.3, -0.25) is 0 Å². The van der Waals surface area contributed by atoms with E-state index in [1.165, 1.54) is 0 Å². The highest BCUT2D eigenvalue weighted by molar-refractivity contribution is 6.30. The molecule has 0 bridgehead atoms. The van der Waals surface area contributed by atoms with Crippen LogP contribution in [0.4, 0.5) is 0 Å². The predicted molar refractivity (Wildman–Crippen MR) is 98.2 cm³/mol. The lowest BCUT2D eigenvalue weighted by Crippen LogP contribution is -2.34. The van der Waals surface area contributed by atoms with Crippen molar-refractivity contribution in [3.8, 4) is 17.1 Å². The van der Waals surface area contributed by atoms with Crippen molar-refractivity contribution in [3.63, 3.8) is 0 Å². The van der Waals surface area contributed by atoms with Gasteiger partial charge in [-0.2, -0.15) is 10.1 Å². The number of hydrogen-bond donors (Lipinski definition) is 1. The Kier molecular flexibility index (Phi) is 4.86. The maximum atomic E-state index is 6.40. The summed E-state index contributed by atoms with van der Waals surface area (Å²) in [5, 5.41) is 9.20. The van der Waals surface area contributed by atoms with Gasteiger partial charge in [-0.1, -0.05) is 35.7 Å². The molecule has 1 aromatic carbocycles. The highest BCUT2D eigenvalue weighted by atomic mass is 35.5. The average Bonchev–Trinajstić information content (AvgIpc) is 3.27. The van der Waals surface area contributed by atoms with Crippen LogP contribution in [0.15, 0.2) is 35.0 Å². The summed E-state index contributed by atoms with van der Waals surface area (Å²) >= 11 is 6.07. The first-order valence-corrected chi connectivity index (χ1v) is 8.39. The largest absolute Gasteiger partial charge is 0.334 e. The van der Waals surface area contributed by atoms with Gasteiger partial charge in [0.15, 0.2) is 5.82 Å². The van der Waals surface area contributed by atoms with E-state index in [-0.39, 0.29) is 12.4 Å². The SMILES string of the molecule is Cc1c(-c2nc(C3(N)CCCC3)no2)cnn1-c1cccc(Cl)c1.Cl. The molecule has 0 unspecified atom stereocenters. The highest BCUT2D eigenvalue weighted by Crippen LogP contribution is 2.35. The topological polar surface area (TPSA) is 82.8 Å². The zero-order valence-corrected chi connectivity index (χ0v) is 15.3. The molecule has 3 aromatic rings. The van der Waals surface area contributed by atoms with Crippen molar-refractivity contribution in [2.45, 2.75) is 38.1 Å². The van der Waals surface area contributed by atoms with E-state index in [1.807, 2.05) is 31.2 Å². The molecule has 0 aliphatic heterocycles. The smallest absolute Gasteiger partial charge is 0.261 e. The molecule has 2 aromatic heterocycles. The van der Waals surface area contributed by atoms with Gasteiger partial charge >= 0.3 is 0 Å². The van der Waals surface area contributed by atoms with Gasteiger partial charge in [0.2, 0.25) is 0 Å². The summed E-state index contributed by atoms with van der Waals surface area (Å²) in [6.45, 7) is 1.96. The zero-order valence-electron chi connectivity index (χ0n) is 13.8. The van der Waals surface area contributed by atoms with Gasteiger partial charge in [0.25, 0.3) is 5.89 Å². The quantitative estimate of drug-likeness (QED) is 0.742. The molecule has 0 saturated heterocycles. The second-order valence-electron chi connectivity index (χ2n) is 6.32. The summed E-state index contributed by atoms with van der Waals surface area (Å²) in [5.74, 6) is 1.04. The van der Waals surface area contributed by atoms with E-state index in [0.29, 0.717) is 16.7 Å². The van der Waals surface area contributed by atoms with E-state index in [9.17, 15) is 0 Å². The molecule has 1 aliphatic carbocycles. The molecule has 25 heavy (non-hydrogen) atoms. The molecular formula is C17H19Cl2N5O. The Morgan fingerprint density at radius 3 is 2.76 bits per heavy atom. The summed E-state index contributed by atoms with van der Waals surface area (Å²) in [6.07, 6.45) is 5.73. The number of nitrogens with two attached hydrogens (primary N) is 1. The van der Waals surface area contributed by atoms with E-state index < -0.39 is 5.54 Å². The van der Waals surface area contributed by atoms with Gasteiger partial charge in [-0.05, 0) is 38.0 Å². The molecule has 0 atom stereocenters. The number of rotatable bonds is 3. The summed E-state index contributed by atoms with van der Waals surface area (Å²) < 4.78 is 7.27. The van der Waals surface area contributed by atoms with Crippen molar-refractivity contribution < 1.29 is 4.52 Å². The highest BCUT2D eigenvalue weighted by Gasteiger charge is 2.36. The Hall–Kier alpha value is -1.89. The maximum Gasteiger partial charge on any atom is 0.261 e. The van der Waals surface area contributed by atoms with Crippen LogP contribution in [0.1, 0.15) is 37.2 Å². The fourth-order valence-electron chi connectivity index (χ4n) is 3.25. The lowest BCUT2D eigenvalue weighted by molar-refractivity contribution is 0.372. The van der Waals surface area contributed by atoms with Gasteiger partial charge in [-0.25, -0.2) is 4.68 Å². The molecule has 4 rings (SSSR count). The fourth-order valence-corrected chi connectivity index (χ4v) is 3.44. The van der Waals surface area contributed by atoms with Crippen LogP contribution in [0.25, 0.3) is 17.1 Å². The van der Waals surface area contributed by atoms with Crippen molar-refractivity contribution in [1.82, 2.24) is 19.9 Å². The summed E-state index contributed by atoms with van der Waals surface area (Å²) in [6, 6.07) is 7.53. The first-order valence-electron chi connectivity index (χ1n) is 8.01. The van der Waals surface area contributed by atoms with Crippen molar-refractivity contribution in [2.75, 3.05) is 0 Å². The van der Waals surface area contributed by atoms with Crippen molar-refractivity contribution in [3.05, 3.63) is 47.0 Å². The minimum absolute atomic E-state index is 0. The van der Waals surface area contributed by atoms with E-state index >= 15 is 0 Å². The molecule has 1 fully saturated rings. The van der Waals surface area contributed by atoms with Crippen LogP contribution >= 0.6 is 24.0 Å². The Morgan fingerprint density at radius 1 is 1.28 bits per heavy atom. The summed E-state index contributed by atoms with van der Waals surface area (Å²) in [5.41, 5.74) is 8.54. The normalized spacial score (nSPS) is 16.0. The summed E-state index contributed by atoms with van der Waals surface area (Å²) in [4.78, 5) is 4.54. The Balaban J connectivity index is 0.00000182. The second kappa shape index (κ2) is 6.78. The third-order valence-electron chi connectivity index (χ3n) is 4.66. The first-order chi connectivity index (χ1) is 11.6. The van der Waals surface area contributed by atoms with Crippen LogP contribution in [0.5, 0.6) is 0 Å². The molecular weight excluding hydrogens is 361 g/mol. The van der Waals surface area contributed by atoms with Crippen molar-refractivity contribution >= 4 is 24.0 Å². The molecule has 132 valence electrons. The van der Waals surface area contributed by atoms with E-state index in [0.717, 1.165) is 42.6 Å². The van der Waals surface area contributed by atoms with Crippen LogP contribution < -0.4 is 5.73 Å². The Morgan fingerprint density at radius 2 is 2.04 bits per heavy atom. The van der Waals surface area contributed by atoms with Gasteiger partial charge in [-0.15, -0.1) is 12.4 Å². The molecule has 0 amide bonds. The first kappa shape index (κ1) is 17.9. The number of benzene rings is 1. The lowest BCUT2D eigenvalue weighted by atomic mass is 9.99. The minimum Gasteiger partial charge on any atom is -0.334 e. The second-order valence-corrected chi connectivity index (χ2v) is 6.76. The molecule has 0 spiro atoms. The molecule has 2 heterocycles. The van der Waals surface area contributed by atoms with Crippen LogP contribution in [0.2, 0.25) is 5.02 Å². The number of aromatic nitrogens is 4. The molecule has 6 nitrogen and oxygen atoms in total. The van der Waals surface area contributed by atoms with Crippen LogP contribution in [0.3, 0.4) is 0 Å². The van der Waals surface area contributed by atoms with Crippen LogP contribution in [-0.2, 0) is 5.54 Å². The Labute approximate surface area is 156 Å². The minimum atomic E-state index is -0.460. The van der Waals surface area contributed by atoms with Gasteiger partial charge in [0.1, 0.15) is 0 Å². The van der Waals surface area contributed by atoms with Crippen molar-refractivity contribution in [2.24, 2.45) is 5.73 Å². The van der Waals surface area contributed by atoms with E-state index in [1.54, 1.807) is 10.9 Å². The molecule has 8 heteroatoms. The van der Waals surface area contributed by atoms with Crippen LogP contribution in [0, 0.1) is 6.92 Å². The standard InChI is InChI=1S/C17H18ClN5O.ClH/c1-11-14(10-20-23(11)13-6-4-5-12(18)9-13)15-21-16(22-24-15)17(19)7-2-3-8-17;/h4-6,9-10H,2-3,7-8,19H2,1H3;1H. The molecule has 2 N–H and O–H groups in total. The number of hydrogen-bond acceptors (Lipinski definition) is 5. The Bertz CT molecular complexity index is 883. The van der Waals surface area contributed by atoms with E-state index in [2.05, 4.69) is 15.2 Å². The average molecular weight is 380 g/mol. The third-order valence-corrected chi connectivity index (χ3v) is 4.90. The maximum absolute atomic E-state index is 6.40. The lowest BCUT2D eigenvalue weighted by Gasteiger charge is -2.17. The molecule has 1 aliphatic rings. The van der Waals surface area contributed by atoms with Crippen LogP contribution in [-0.4, -0.2) is 19.9 Å². The third kappa shape index (κ3) is 3.17. The molecule has 1 saturated carbocycles. The van der Waals surface area contributed by atoms with Gasteiger partial charge in [0.05, 0.1) is 28.7 Å². The van der Waals surface area contributed by atoms with Gasteiger partial charge < -0.3 is 10.3 Å². The summed E-state index contributed by atoms with van der Waals surface area (Å²) in [7, 11) is 0. The number of nitrogens with zero attached hydrogens (tertiary/aromatic N) is 4. The van der Waals surface area contributed by atoms with Gasteiger partial charge in [0, 0.05) is 5.02 Å².